The van der Waals surface area contributed by atoms with Gasteiger partial charge in [0.2, 0.25) is 0 Å². The van der Waals surface area contributed by atoms with Gasteiger partial charge in [0.1, 0.15) is 0 Å². The molecule has 0 heterocycles. The third-order valence-electron chi connectivity index (χ3n) is 0.347. The molecule has 0 aromatic heterocycles. The number of carbonyl (C=O) groups is 1. The molecule has 0 aliphatic carbocycles. The predicted octanol–water partition coefficient (Wildman–Crippen LogP) is -4.38. The van der Waals surface area contributed by atoms with E-state index in [1.54, 1.807) is 0 Å². The summed E-state index contributed by atoms with van der Waals surface area (Å²) >= 11 is 0. The van der Waals surface area contributed by atoms with Crippen molar-refractivity contribution in [2.45, 2.75) is 0 Å². The minimum atomic E-state index is -5.15. The molecule has 0 saturated carbocycles. The zero-order valence-corrected chi connectivity index (χ0v) is 6.70. The van der Waals surface area contributed by atoms with Gasteiger partial charge in [0.05, 0.1) is 0 Å². The average molecular weight is 322 g/mol. The summed E-state index contributed by atoms with van der Waals surface area (Å²) in [5, 5.41) is 0. The van der Waals surface area contributed by atoms with Crippen molar-refractivity contribution < 1.29 is 39.1 Å². The van der Waals surface area contributed by atoms with Gasteiger partial charge in [0, 0.05) is 0 Å². The number of carbonyl (C=O) groups excluding carboxylic acids is 1. The van der Waals surface area contributed by atoms with Gasteiger partial charge in [-0.2, -0.15) is 16.8 Å². The standard InChI is InChI=1S/CH2O9S2.2Ca.2Li.6H/c2-1(9-11(3,4)5)10-12(6,7)8;;;;;;;;;;/h(H,3,4,5)(H,6,7,8);;;;;;;;;;. The topological polar surface area (TPSA) is 144 Å². The van der Waals surface area contributed by atoms with Crippen LogP contribution < -0.4 is 0 Å². The van der Waals surface area contributed by atoms with Crippen LogP contribution in [0.4, 0.5) is 4.79 Å². The molecule has 0 fully saturated rings. The molecule has 0 unspecified atom stereocenters. The Balaban J connectivity index is -0.000000101. The van der Waals surface area contributed by atoms with E-state index in [-0.39, 0.29) is 113 Å². The summed E-state index contributed by atoms with van der Waals surface area (Å²) in [6.07, 6.45) is -2.29. The molecule has 84 valence electrons. The van der Waals surface area contributed by atoms with Gasteiger partial charge < -0.3 is 0 Å². The Morgan fingerprint density at radius 1 is 0.812 bits per heavy atom. The zero-order chi connectivity index (χ0) is 9.99. The van der Waals surface area contributed by atoms with Crippen molar-refractivity contribution in [1.82, 2.24) is 0 Å². The second-order valence-corrected chi connectivity index (χ2v) is 3.32. The summed E-state index contributed by atoms with van der Waals surface area (Å²) in [6, 6.07) is 0. The second-order valence-electron chi connectivity index (χ2n) is 1.27. The van der Waals surface area contributed by atoms with Crippen LogP contribution in [0.3, 0.4) is 0 Å². The van der Waals surface area contributed by atoms with Crippen molar-refractivity contribution >= 4 is 140 Å². The van der Waals surface area contributed by atoms with Gasteiger partial charge in [0.25, 0.3) is 0 Å². The molecule has 16 heavy (non-hydrogen) atoms. The SMILES string of the molecule is O=C(OS(=O)(=O)O)OS(=O)(=O)O.[CaH2].[CaH2].[LiH].[LiH]. The van der Waals surface area contributed by atoms with Crippen molar-refractivity contribution in [3.8, 4) is 0 Å². The summed E-state index contributed by atoms with van der Waals surface area (Å²) in [6.45, 7) is 0. The van der Waals surface area contributed by atoms with Crippen LogP contribution in [-0.2, 0) is 29.2 Å². The van der Waals surface area contributed by atoms with E-state index < -0.39 is 27.0 Å². The fraction of sp³-hybridized carbons (Fsp3) is 0. The van der Waals surface area contributed by atoms with E-state index >= 15 is 0 Å². The third kappa shape index (κ3) is 25.6. The van der Waals surface area contributed by atoms with Crippen LogP contribution in [-0.4, -0.2) is 145 Å². The summed E-state index contributed by atoms with van der Waals surface area (Å²) < 4.78 is 60.1. The first-order chi connectivity index (χ1) is 5.10. The molecule has 0 aromatic carbocycles. The fourth-order valence-corrected chi connectivity index (χ4v) is 0.641. The molecule has 0 aliphatic rings. The quantitative estimate of drug-likeness (QED) is 0.380. The Hall–Kier alpha value is 2.80. The predicted molar refractivity (Wildman–Crippen MR) is 62.0 cm³/mol. The van der Waals surface area contributed by atoms with Gasteiger partial charge in [-0.1, -0.05) is 0 Å². The Morgan fingerprint density at radius 2 is 1.00 bits per heavy atom. The maximum atomic E-state index is 9.95. The Kier molecular flexibility index (Phi) is 25.1. The average Bonchev–Trinajstić information content (AvgIpc) is 1.49. The molecule has 0 aliphatic heterocycles. The van der Waals surface area contributed by atoms with Crippen LogP contribution in [0, 0.1) is 0 Å². The van der Waals surface area contributed by atoms with E-state index in [9.17, 15) is 21.6 Å². The van der Waals surface area contributed by atoms with E-state index in [0.717, 1.165) is 0 Å². The Morgan fingerprint density at radius 3 is 1.12 bits per heavy atom. The van der Waals surface area contributed by atoms with E-state index in [1.807, 2.05) is 0 Å². The number of hydrogen-bond donors (Lipinski definition) is 2. The molecular weight excluding hydrogens is 314 g/mol. The summed E-state index contributed by atoms with van der Waals surface area (Å²) in [7, 11) is -10.3. The summed E-state index contributed by atoms with van der Waals surface area (Å²) in [4.78, 5) is 9.95. The van der Waals surface area contributed by atoms with Crippen molar-refractivity contribution in [1.29, 1.82) is 0 Å². The van der Waals surface area contributed by atoms with Gasteiger partial charge in [0.15, 0.2) is 0 Å². The van der Waals surface area contributed by atoms with Crippen LogP contribution >= 0.6 is 0 Å². The van der Waals surface area contributed by atoms with Crippen molar-refractivity contribution in [2.24, 2.45) is 0 Å². The Bertz CT molecular complexity index is 336. The monoisotopic (exact) mass is 322 g/mol. The van der Waals surface area contributed by atoms with Gasteiger partial charge in [-0.3, -0.25) is 17.5 Å². The molecule has 15 heteroatoms. The first kappa shape index (κ1) is 31.3. The number of hydrogen-bond acceptors (Lipinski definition) is 7. The molecule has 9 nitrogen and oxygen atoms in total. The molecular formula is CH8Ca2Li2O9S2. The van der Waals surface area contributed by atoms with E-state index in [0.29, 0.717) is 0 Å². The minimum absolute atomic E-state index is 0. The molecule has 0 spiro atoms. The van der Waals surface area contributed by atoms with Crippen LogP contribution in [0.25, 0.3) is 0 Å². The van der Waals surface area contributed by atoms with Gasteiger partial charge in [-0.25, -0.2) is 4.79 Å². The molecule has 0 radical (unpaired) electrons. The fourth-order valence-electron chi connectivity index (χ4n) is 0.186. The molecule has 0 atom stereocenters. The van der Waals surface area contributed by atoms with E-state index in [4.69, 9.17) is 9.11 Å². The molecule has 0 bridgehead atoms. The van der Waals surface area contributed by atoms with Crippen molar-refractivity contribution in [2.75, 3.05) is 0 Å². The van der Waals surface area contributed by atoms with Crippen LogP contribution in [0.15, 0.2) is 0 Å². The van der Waals surface area contributed by atoms with Crippen LogP contribution in [0.2, 0.25) is 0 Å². The van der Waals surface area contributed by atoms with E-state index in [2.05, 4.69) is 8.37 Å². The second kappa shape index (κ2) is 12.8. The first-order valence-electron chi connectivity index (χ1n) is 1.98. The summed E-state index contributed by atoms with van der Waals surface area (Å²) in [5.74, 6) is 0. The maximum absolute atomic E-state index is 9.95. The van der Waals surface area contributed by atoms with Crippen molar-refractivity contribution in [3.05, 3.63) is 0 Å². The molecule has 0 aromatic rings. The normalized spacial score (nSPS) is 9.12. The van der Waals surface area contributed by atoms with E-state index in [1.165, 1.54) is 0 Å². The van der Waals surface area contributed by atoms with Crippen LogP contribution in [0.1, 0.15) is 0 Å². The third-order valence-corrected chi connectivity index (χ3v) is 1.04. The summed E-state index contributed by atoms with van der Waals surface area (Å²) in [5.41, 5.74) is 0. The van der Waals surface area contributed by atoms with Gasteiger partial charge >= 0.3 is 140 Å². The Labute approximate surface area is 176 Å². The van der Waals surface area contributed by atoms with Crippen molar-refractivity contribution in [3.63, 3.8) is 0 Å². The molecule has 0 amide bonds. The molecule has 0 rings (SSSR count). The van der Waals surface area contributed by atoms with Crippen LogP contribution in [0.5, 0.6) is 0 Å². The van der Waals surface area contributed by atoms with Gasteiger partial charge in [-0.05, 0) is 0 Å². The zero-order valence-electron chi connectivity index (χ0n) is 5.07. The molecule has 2 N–H and O–H groups in total. The first-order valence-corrected chi connectivity index (χ1v) is 4.71. The molecule has 0 saturated heterocycles. The van der Waals surface area contributed by atoms with Gasteiger partial charge in [-0.15, -0.1) is 0 Å². The number of rotatable bonds is 2.